The van der Waals surface area contributed by atoms with Gasteiger partial charge in [-0.25, -0.2) is 5.01 Å². The molecule has 0 heterocycles. The van der Waals surface area contributed by atoms with Crippen molar-refractivity contribution in [3.8, 4) is 0 Å². The molecule has 4 rings (SSSR count). The monoisotopic (exact) mass is 430 g/mol. The van der Waals surface area contributed by atoms with Crippen molar-refractivity contribution in [1.29, 1.82) is 0 Å². The molecular formula is C26H28N2P2. The highest BCUT2D eigenvalue weighted by molar-refractivity contribution is 7.83. The second-order valence-electron chi connectivity index (χ2n) is 7.37. The molecule has 0 radical (unpaired) electrons. The van der Waals surface area contributed by atoms with E-state index in [1.165, 1.54) is 21.2 Å². The first kappa shape index (κ1) is 21.2. The summed E-state index contributed by atoms with van der Waals surface area (Å²) in [5.41, 5.74) is 0. The molecular weight excluding hydrogens is 402 g/mol. The first-order valence-corrected chi connectivity index (χ1v) is 12.9. The summed E-state index contributed by atoms with van der Waals surface area (Å²) in [5, 5.41) is 8.02. The minimum absolute atomic E-state index is 0.665. The Morgan fingerprint density at radius 1 is 0.633 bits per heavy atom. The van der Waals surface area contributed by atoms with Crippen LogP contribution < -0.4 is 15.9 Å². The zero-order valence-corrected chi connectivity index (χ0v) is 19.4. The third-order valence-corrected chi connectivity index (χ3v) is 10.8. The molecule has 0 N–H and O–H groups in total. The Balaban J connectivity index is 1.90. The molecule has 2 nitrogen and oxygen atoms in total. The maximum Gasteiger partial charge on any atom is 0.0489 e. The van der Waals surface area contributed by atoms with Crippen LogP contribution in [0.2, 0.25) is 0 Å². The fraction of sp³-hybridized carbons (Fsp3) is 0.154. The van der Waals surface area contributed by atoms with E-state index in [1.54, 1.807) is 0 Å². The van der Waals surface area contributed by atoms with E-state index in [2.05, 4.69) is 133 Å². The minimum atomic E-state index is -0.718. The molecule has 1 atom stereocenters. The lowest BCUT2D eigenvalue weighted by Gasteiger charge is -2.43. The zero-order valence-electron chi connectivity index (χ0n) is 17.6. The molecule has 1 aliphatic carbocycles. The summed E-state index contributed by atoms with van der Waals surface area (Å²) in [6, 6.07) is 33.0. The lowest BCUT2D eigenvalue weighted by Crippen LogP contribution is -2.37. The summed E-state index contributed by atoms with van der Waals surface area (Å²) >= 11 is 0. The molecule has 3 aromatic rings. The first-order chi connectivity index (χ1) is 14.8. The number of nitrogens with zero attached hydrogens (tertiary/aromatic N) is 2. The standard InChI is InChI=1S/C26H28N2P2/c1-27(2)28(29(23-15-7-3-8-16-23)24-17-9-4-10-18-24)30(25-19-11-5-12-20-25)26-21-13-6-14-22-26/h3-13,15-21H,14,22H2,1-2H3. The lowest BCUT2D eigenvalue weighted by molar-refractivity contribution is 0.248. The van der Waals surface area contributed by atoms with E-state index < -0.39 is 16.1 Å². The number of hydrogen-bond acceptors (Lipinski definition) is 2. The summed E-state index contributed by atoms with van der Waals surface area (Å²) in [7, 11) is 3.00. The van der Waals surface area contributed by atoms with Gasteiger partial charge in [0.25, 0.3) is 0 Å². The van der Waals surface area contributed by atoms with Crippen LogP contribution in [0.5, 0.6) is 0 Å². The van der Waals surface area contributed by atoms with Gasteiger partial charge in [-0.3, -0.25) is 0 Å². The van der Waals surface area contributed by atoms with Crippen molar-refractivity contribution in [2.45, 2.75) is 12.8 Å². The minimum Gasteiger partial charge on any atom is -0.240 e. The summed E-state index contributed by atoms with van der Waals surface area (Å²) < 4.78 is 2.66. The summed E-state index contributed by atoms with van der Waals surface area (Å²) in [6.07, 6.45) is 9.10. The largest absolute Gasteiger partial charge is 0.240 e. The van der Waals surface area contributed by atoms with Crippen LogP contribution in [-0.2, 0) is 0 Å². The maximum atomic E-state index is 2.66. The van der Waals surface area contributed by atoms with Crippen molar-refractivity contribution in [2.75, 3.05) is 14.1 Å². The van der Waals surface area contributed by atoms with Gasteiger partial charge in [-0.05, 0) is 34.1 Å². The first-order valence-electron chi connectivity index (χ1n) is 10.3. The summed E-state index contributed by atoms with van der Waals surface area (Å²) in [4.78, 5) is 0. The smallest absolute Gasteiger partial charge is 0.0489 e. The van der Waals surface area contributed by atoms with E-state index in [0.717, 1.165) is 12.8 Å². The van der Waals surface area contributed by atoms with Crippen LogP contribution in [0.25, 0.3) is 0 Å². The molecule has 30 heavy (non-hydrogen) atoms. The Labute approximate surface area is 183 Å². The average molecular weight is 430 g/mol. The van der Waals surface area contributed by atoms with Crippen LogP contribution in [0, 0.1) is 0 Å². The molecule has 0 saturated carbocycles. The Hall–Kier alpha value is -2.08. The molecule has 0 fully saturated rings. The second-order valence-corrected chi connectivity index (χ2v) is 11.8. The Kier molecular flexibility index (Phi) is 7.26. The normalized spacial score (nSPS) is 14.9. The summed E-state index contributed by atoms with van der Waals surface area (Å²) in [6.45, 7) is 0. The molecule has 0 amide bonds. The third kappa shape index (κ3) is 4.80. The number of allylic oxidation sites excluding steroid dienone is 4. The Morgan fingerprint density at radius 2 is 1.10 bits per heavy atom. The molecule has 0 bridgehead atoms. The highest BCUT2D eigenvalue weighted by Crippen LogP contribution is 2.60. The van der Waals surface area contributed by atoms with Crippen molar-refractivity contribution < 1.29 is 0 Å². The van der Waals surface area contributed by atoms with Crippen LogP contribution in [0.1, 0.15) is 12.8 Å². The van der Waals surface area contributed by atoms with E-state index in [0.29, 0.717) is 0 Å². The number of benzene rings is 3. The molecule has 3 aromatic carbocycles. The molecule has 0 aliphatic heterocycles. The molecule has 1 unspecified atom stereocenters. The van der Waals surface area contributed by atoms with Gasteiger partial charge in [-0.1, -0.05) is 109 Å². The van der Waals surface area contributed by atoms with Gasteiger partial charge >= 0.3 is 0 Å². The van der Waals surface area contributed by atoms with Crippen LogP contribution in [0.4, 0.5) is 0 Å². The third-order valence-electron chi connectivity index (χ3n) is 4.98. The fourth-order valence-electron chi connectivity index (χ4n) is 3.66. The van der Waals surface area contributed by atoms with Crippen molar-refractivity contribution in [3.05, 3.63) is 115 Å². The Morgan fingerprint density at radius 3 is 1.50 bits per heavy atom. The molecule has 0 spiro atoms. The van der Waals surface area contributed by atoms with E-state index >= 15 is 0 Å². The van der Waals surface area contributed by atoms with Gasteiger partial charge in [-0.15, -0.1) is 0 Å². The molecule has 0 aromatic heterocycles. The molecule has 152 valence electrons. The van der Waals surface area contributed by atoms with E-state index in [1.807, 2.05) is 0 Å². The van der Waals surface area contributed by atoms with Crippen molar-refractivity contribution in [1.82, 2.24) is 9.56 Å². The molecule has 4 heteroatoms. The highest BCUT2D eigenvalue weighted by Gasteiger charge is 2.34. The quantitative estimate of drug-likeness (QED) is 0.347. The van der Waals surface area contributed by atoms with Crippen molar-refractivity contribution >= 4 is 32.1 Å². The predicted molar refractivity (Wildman–Crippen MR) is 134 cm³/mol. The van der Waals surface area contributed by atoms with Gasteiger partial charge in [0.1, 0.15) is 0 Å². The highest BCUT2D eigenvalue weighted by atomic mass is 31.2. The van der Waals surface area contributed by atoms with Crippen LogP contribution in [0.3, 0.4) is 0 Å². The fourth-order valence-corrected chi connectivity index (χ4v) is 9.78. The Bertz CT molecular complexity index is 946. The van der Waals surface area contributed by atoms with Crippen LogP contribution >= 0.6 is 16.1 Å². The van der Waals surface area contributed by atoms with Gasteiger partial charge in [0, 0.05) is 30.2 Å². The van der Waals surface area contributed by atoms with Crippen molar-refractivity contribution in [2.24, 2.45) is 0 Å². The van der Waals surface area contributed by atoms with Gasteiger partial charge in [0.15, 0.2) is 0 Å². The second kappa shape index (κ2) is 10.3. The lowest BCUT2D eigenvalue weighted by atomic mass is 10.2. The van der Waals surface area contributed by atoms with Gasteiger partial charge < -0.3 is 0 Å². The number of hydrogen-bond donors (Lipinski definition) is 0. The van der Waals surface area contributed by atoms with Gasteiger partial charge in [-0.2, -0.15) is 4.55 Å². The number of hydrazine groups is 1. The van der Waals surface area contributed by atoms with E-state index in [4.69, 9.17) is 0 Å². The van der Waals surface area contributed by atoms with Gasteiger partial charge in [0.05, 0.1) is 0 Å². The topological polar surface area (TPSA) is 6.48 Å². The van der Waals surface area contributed by atoms with Gasteiger partial charge in [0.2, 0.25) is 0 Å². The summed E-state index contributed by atoms with van der Waals surface area (Å²) in [5.74, 6) is 0. The predicted octanol–water partition coefficient (Wildman–Crippen LogP) is 5.77. The van der Waals surface area contributed by atoms with E-state index in [9.17, 15) is 0 Å². The zero-order chi connectivity index (χ0) is 20.8. The maximum absolute atomic E-state index is 2.66. The van der Waals surface area contributed by atoms with Crippen molar-refractivity contribution in [3.63, 3.8) is 0 Å². The van der Waals surface area contributed by atoms with E-state index in [-0.39, 0.29) is 0 Å². The van der Waals surface area contributed by atoms with Crippen LogP contribution in [-0.4, -0.2) is 23.7 Å². The molecule has 1 aliphatic rings. The molecule has 0 saturated heterocycles. The SMILES string of the molecule is CN(C)N(P(C1=CC=CCC1)c1ccccc1)P(c1ccccc1)c1ccccc1. The number of rotatable bonds is 7. The van der Waals surface area contributed by atoms with Crippen LogP contribution in [0.15, 0.2) is 115 Å². The average Bonchev–Trinajstić information content (AvgIpc) is 2.81.